The molecule has 0 atom stereocenters. The van der Waals surface area contributed by atoms with Crippen LogP contribution in [0.3, 0.4) is 0 Å². The fourth-order valence-electron chi connectivity index (χ4n) is 2.03. The van der Waals surface area contributed by atoms with Gasteiger partial charge in [-0.3, -0.25) is 4.79 Å². The summed E-state index contributed by atoms with van der Waals surface area (Å²) in [7, 11) is 2.09. The summed E-state index contributed by atoms with van der Waals surface area (Å²) < 4.78 is 0. The van der Waals surface area contributed by atoms with Crippen LogP contribution in [0.15, 0.2) is 18.3 Å². The molecule has 2 rings (SSSR count). The Bertz CT molecular complexity index is 399. The zero-order valence-electron chi connectivity index (χ0n) is 10.0. The first-order valence-corrected chi connectivity index (χ1v) is 5.86. The van der Waals surface area contributed by atoms with Crippen LogP contribution < -0.4 is 11.1 Å². The number of aromatic nitrogens is 1. The Morgan fingerprint density at radius 3 is 2.88 bits per heavy atom. The number of likely N-dealkylation sites (tertiary alicyclic amines) is 1. The van der Waals surface area contributed by atoms with Gasteiger partial charge < -0.3 is 16.0 Å². The van der Waals surface area contributed by atoms with E-state index in [-0.39, 0.29) is 17.8 Å². The molecule has 1 fully saturated rings. The lowest BCUT2D eigenvalue weighted by Crippen LogP contribution is -2.43. The highest BCUT2D eigenvalue weighted by Crippen LogP contribution is 2.11. The maximum absolute atomic E-state index is 12.0. The maximum atomic E-state index is 12.0. The highest BCUT2D eigenvalue weighted by atomic mass is 16.1. The van der Waals surface area contributed by atoms with Crippen LogP contribution >= 0.6 is 0 Å². The Hall–Kier alpha value is -1.62. The van der Waals surface area contributed by atoms with Gasteiger partial charge in [-0.2, -0.15) is 0 Å². The standard InChI is InChI=1S/C12H18N4O/c1-16-7-4-9(5-8-16)15-12(17)10-3-2-6-14-11(10)13/h2-3,6,9H,4-5,7-8H2,1H3,(H2,13,14)(H,15,17). The van der Waals surface area contributed by atoms with E-state index in [0.29, 0.717) is 5.56 Å². The number of hydrogen-bond acceptors (Lipinski definition) is 4. The largest absolute Gasteiger partial charge is 0.383 e. The fraction of sp³-hybridized carbons (Fsp3) is 0.500. The van der Waals surface area contributed by atoms with E-state index in [9.17, 15) is 4.79 Å². The number of amides is 1. The SMILES string of the molecule is CN1CCC(NC(=O)c2cccnc2N)CC1. The van der Waals surface area contributed by atoms with Crippen molar-refractivity contribution in [1.29, 1.82) is 0 Å². The van der Waals surface area contributed by atoms with Gasteiger partial charge >= 0.3 is 0 Å². The molecule has 0 bridgehead atoms. The predicted molar refractivity (Wildman–Crippen MR) is 66.6 cm³/mol. The van der Waals surface area contributed by atoms with Crippen LogP contribution in [0.1, 0.15) is 23.2 Å². The number of nitrogen functional groups attached to an aromatic ring is 1. The first-order valence-electron chi connectivity index (χ1n) is 5.86. The number of rotatable bonds is 2. The minimum atomic E-state index is -0.120. The third-order valence-corrected chi connectivity index (χ3v) is 3.14. The molecule has 1 amide bonds. The zero-order valence-corrected chi connectivity index (χ0v) is 10.0. The van der Waals surface area contributed by atoms with Crippen LogP contribution in [0.25, 0.3) is 0 Å². The van der Waals surface area contributed by atoms with Gasteiger partial charge in [0.1, 0.15) is 5.82 Å². The van der Waals surface area contributed by atoms with Crippen LogP contribution in [-0.4, -0.2) is 42.0 Å². The van der Waals surface area contributed by atoms with Crippen molar-refractivity contribution in [3.8, 4) is 0 Å². The van der Waals surface area contributed by atoms with Crippen LogP contribution in [0.4, 0.5) is 5.82 Å². The lowest BCUT2D eigenvalue weighted by atomic mass is 10.1. The topological polar surface area (TPSA) is 71.2 Å². The molecule has 1 aromatic heterocycles. The fourth-order valence-corrected chi connectivity index (χ4v) is 2.03. The average Bonchev–Trinajstić information content (AvgIpc) is 2.32. The van der Waals surface area contributed by atoms with Crippen molar-refractivity contribution in [3.63, 3.8) is 0 Å². The second kappa shape index (κ2) is 5.14. The van der Waals surface area contributed by atoms with E-state index >= 15 is 0 Å². The third kappa shape index (κ3) is 2.94. The number of nitrogens with two attached hydrogens (primary N) is 1. The van der Waals surface area contributed by atoms with Crippen molar-refractivity contribution >= 4 is 11.7 Å². The van der Waals surface area contributed by atoms with Gasteiger partial charge in [0.25, 0.3) is 5.91 Å². The molecule has 1 aromatic rings. The van der Waals surface area contributed by atoms with Crippen molar-refractivity contribution < 1.29 is 4.79 Å². The number of hydrogen-bond donors (Lipinski definition) is 2. The average molecular weight is 234 g/mol. The number of nitrogens with zero attached hydrogens (tertiary/aromatic N) is 2. The number of carbonyl (C=O) groups excluding carboxylic acids is 1. The van der Waals surface area contributed by atoms with E-state index in [1.54, 1.807) is 18.3 Å². The smallest absolute Gasteiger partial charge is 0.255 e. The monoisotopic (exact) mass is 234 g/mol. The Labute approximate surface area is 101 Å². The Balaban J connectivity index is 1.96. The lowest BCUT2D eigenvalue weighted by molar-refractivity contribution is 0.0917. The van der Waals surface area contributed by atoms with Crippen LogP contribution in [0.2, 0.25) is 0 Å². The summed E-state index contributed by atoms with van der Waals surface area (Å²) in [5, 5.41) is 3.01. The number of pyridine rings is 1. The van der Waals surface area contributed by atoms with Crippen LogP contribution in [0, 0.1) is 0 Å². The second-order valence-corrected chi connectivity index (χ2v) is 4.49. The second-order valence-electron chi connectivity index (χ2n) is 4.49. The van der Waals surface area contributed by atoms with E-state index < -0.39 is 0 Å². The first-order chi connectivity index (χ1) is 8.16. The molecule has 3 N–H and O–H groups in total. The molecule has 0 spiro atoms. The van der Waals surface area contributed by atoms with Crippen LogP contribution in [0.5, 0.6) is 0 Å². The summed E-state index contributed by atoms with van der Waals surface area (Å²) in [5.41, 5.74) is 6.13. The number of anilines is 1. The van der Waals surface area contributed by atoms with Crippen molar-refractivity contribution in [1.82, 2.24) is 15.2 Å². The minimum Gasteiger partial charge on any atom is -0.383 e. The number of nitrogens with one attached hydrogen (secondary N) is 1. The third-order valence-electron chi connectivity index (χ3n) is 3.14. The normalized spacial score (nSPS) is 17.9. The molecule has 1 aliphatic rings. The van der Waals surface area contributed by atoms with E-state index in [0.717, 1.165) is 25.9 Å². The summed E-state index contributed by atoms with van der Waals surface area (Å²) in [6.07, 6.45) is 3.56. The van der Waals surface area contributed by atoms with Gasteiger partial charge in [-0.1, -0.05) is 0 Å². The molecule has 5 heteroatoms. The van der Waals surface area contributed by atoms with Gasteiger partial charge in [0.05, 0.1) is 5.56 Å². The minimum absolute atomic E-state index is 0.120. The number of carbonyl (C=O) groups is 1. The molecular formula is C12H18N4O. The summed E-state index contributed by atoms with van der Waals surface area (Å²) in [6.45, 7) is 2.04. The summed E-state index contributed by atoms with van der Waals surface area (Å²) in [6, 6.07) is 3.67. The molecule has 92 valence electrons. The lowest BCUT2D eigenvalue weighted by Gasteiger charge is -2.29. The van der Waals surface area contributed by atoms with Crippen molar-refractivity contribution in [3.05, 3.63) is 23.9 Å². The summed E-state index contributed by atoms with van der Waals surface area (Å²) in [5.74, 6) is 0.170. The Morgan fingerprint density at radius 1 is 1.53 bits per heavy atom. The Kier molecular flexibility index (Phi) is 3.58. The van der Waals surface area contributed by atoms with Crippen molar-refractivity contribution in [2.24, 2.45) is 0 Å². The first kappa shape index (κ1) is 11.9. The molecule has 2 heterocycles. The summed E-state index contributed by atoms with van der Waals surface area (Å²) >= 11 is 0. The van der Waals surface area contributed by atoms with E-state index in [1.165, 1.54) is 0 Å². The van der Waals surface area contributed by atoms with E-state index in [2.05, 4.69) is 22.2 Å². The molecule has 1 saturated heterocycles. The van der Waals surface area contributed by atoms with E-state index in [1.807, 2.05) is 0 Å². The van der Waals surface area contributed by atoms with Gasteiger partial charge in [0.2, 0.25) is 0 Å². The van der Waals surface area contributed by atoms with Gasteiger partial charge in [-0.15, -0.1) is 0 Å². The molecule has 0 aliphatic carbocycles. The van der Waals surface area contributed by atoms with Crippen molar-refractivity contribution in [2.45, 2.75) is 18.9 Å². The molecule has 0 radical (unpaired) electrons. The maximum Gasteiger partial charge on any atom is 0.255 e. The quantitative estimate of drug-likeness (QED) is 0.781. The molecule has 0 aromatic carbocycles. The van der Waals surface area contributed by atoms with Gasteiger partial charge in [-0.25, -0.2) is 4.98 Å². The number of piperidine rings is 1. The summed E-state index contributed by atoms with van der Waals surface area (Å²) in [4.78, 5) is 18.1. The van der Waals surface area contributed by atoms with Gasteiger partial charge in [-0.05, 0) is 45.1 Å². The molecule has 17 heavy (non-hydrogen) atoms. The van der Waals surface area contributed by atoms with Gasteiger partial charge in [0, 0.05) is 12.2 Å². The van der Waals surface area contributed by atoms with Crippen LogP contribution in [-0.2, 0) is 0 Å². The molecule has 5 nitrogen and oxygen atoms in total. The molecule has 0 saturated carbocycles. The molecular weight excluding hydrogens is 216 g/mol. The predicted octanol–water partition coefficient (Wildman–Crippen LogP) is 0.488. The van der Waals surface area contributed by atoms with E-state index in [4.69, 9.17) is 5.73 Å². The molecule has 0 unspecified atom stereocenters. The molecule has 1 aliphatic heterocycles. The highest BCUT2D eigenvalue weighted by Gasteiger charge is 2.20. The zero-order chi connectivity index (χ0) is 12.3. The highest BCUT2D eigenvalue weighted by molar-refractivity contribution is 5.98. The van der Waals surface area contributed by atoms with Crippen molar-refractivity contribution in [2.75, 3.05) is 25.9 Å². The van der Waals surface area contributed by atoms with Gasteiger partial charge in [0.15, 0.2) is 0 Å². The Morgan fingerprint density at radius 2 is 2.24 bits per heavy atom.